The van der Waals surface area contributed by atoms with Crippen molar-refractivity contribution in [3.63, 3.8) is 0 Å². The Morgan fingerprint density at radius 1 is 1.11 bits per heavy atom. The molecule has 0 bridgehead atoms. The summed E-state index contributed by atoms with van der Waals surface area (Å²) >= 11 is 0. The molecule has 1 aromatic rings. The number of halogens is 3. The van der Waals surface area contributed by atoms with Gasteiger partial charge in [-0.05, 0) is 38.3 Å². The molecule has 2 aliphatic heterocycles. The minimum Gasteiger partial charge on any atom is -0.339 e. The Morgan fingerprint density at radius 2 is 1.82 bits per heavy atom. The van der Waals surface area contributed by atoms with Crippen LogP contribution in [-0.2, 0) is 11.0 Å². The van der Waals surface area contributed by atoms with Gasteiger partial charge in [-0.15, -0.1) is 0 Å². The van der Waals surface area contributed by atoms with Gasteiger partial charge in [-0.2, -0.15) is 13.2 Å². The summed E-state index contributed by atoms with van der Waals surface area (Å²) in [7, 11) is 0. The van der Waals surface area contributed by atoms with Crippen molar-refractivity contribution in [2.24, 2.45) is 0 Å². The van der Waals surface area contributed by atoms with Gasteiger partial charge in [-0.1, -0.05) is 0 Å². The van der Waals surface area contributed by atoms with E-state index < -0.39 is 11.9 Å². The average Bonchev–Trinajstić information content (AvgIpc) is 2.68. The summed E-state index contributed by atoms with van der Waals surface area (Å²) < 4.78 is 37.8. The van der Waals surface area contributed by atoms with Crippen LogP contribution in [0.2, 0.25) is 0 Å². The van der Waals surface area contributed by atoms with Crippen molar-refractivity contribution < 1.29 is 22.8 Å². The fourth-order valence-corrected chi connectivity index (χ4v) is 3.73. The smallest absolute Gasteiger partial charge is 0.339 e. The van der Waals surface area contributed by atoms with Gasteiger partial charge in [0.15, 0.2) is 0 Å². The fourth-order valence-electron chi connectivity index (χ4n) is 3.73. The highest BCUT2D eigenvalue weighted by atomic mass is 19.4. The average molecular weight is 398 g/mol. The monoisotopic (exact) mass is 398 g/mol. The van der Waals surface area contributed by atoms with E-state index >= 15 is 0 Å². The lowest BCUT2D eigenvalue weighted by Crippen LogP contribution is -2.53. The number of carbonyl (C=O) groups excluding carboxylic acids is 2. The highest BCUT2D eigenvalue weighted by Crippen LogP contribution is 2.27. The van der Waals surface area contributed by atoms with Crippen LogP contribution >= 0.6 is 0 Å². The van der Waals surface area contributed by atoms with E-state index in [1.807, 2.05) is 9.80 Å². The van der Waals surface area contributed by atoms with Crippen LogP contribution in [0.15, 0.2) is 18.3 Å². The Morgan fingerprint density at radius 3 is 2.39 bits per heavy atom. The summed E-state index contributed by atoms with van der Waals surface area (Å²) in [6, 6.07) is 2.25. The minimum atomic E-state index is -4.52. The van der Waals surface area contributed by atoms with Gasteiger partial charge in [0.05, 0.1) is 12.1 Å². The first-order valence-electron chi connectivity index (χ1n) is 9.60. The van der Waals surface area contributed by atoms with Crippen LogP contribution in [-0.4, -0.2) is 76.8 Å². The maximum atomic E-state index is 12.6. The lowest BCUT2D eigenvalue weighted by molar-refractivity contribution is -0.141. The fraction of sp³-hybridized carbons (Fsp3) is 0.632. The van der Waals surface area contributed by atoms with Crippen molar-refractivity contribution in [3.8, 4) is 0 Å². The highest BCUT2D eigenvalue weighted by Gasteiger charge is 2.33. The molecule has 0 aromatic carbocycles. The maximum Gasteiger partial charge on any atom is 0.433 e. The number of hydrogen-bond donors (Lipinski definition) is 0. The SMILES string of the molecule is CC1CCCCN1C(=O)CN1CCN(C(=O)c2ccc(C(F)(F)F)nc2)CC1. The molecule has 0 radical (unpaired) electrons. The molecular formula is C19H25F3N4O2. The first-order chi connectivity index (χ1) is 13.3. The zero-order valence-corrected chi connectivity index (χ0v) is 15.9. The van der Waals surface area contributed by atoms with Gasteiger partial charge in [0.2, 0.25) is 5.91 Å². The van der Waals surface area contributed by atoms with Gasteiger partial charge in [0.1, 0.15) is 5.69 Å². The normalized spacial score (nSPS) is 21.6. The molecule has 1 atom stereocenters. The zero-order chi connectivity index (χ0) is 20.3. The number of carbonyl (C=O) groups is 2. The number of piperidine rings is 1. The van der Waals surface area contributed by atoms with Crippen molar-refractivity contribution in [1.82, 2.24) is 19.7 Å². The second-order valence-corrected chi connectivity index (χ2v) is 7.43. The number of rotatable bonds is 3. The topological polar surface area (TPSA) is 56.8 Å². The van der Waals surface area contributed by atoms with Gasteiger partial charge < -0.3 is 9.80 Å². The Kier molecular flexibility index (Phi) is 6.22. The molecule has 0 saturated carbocycles. The molecule has 2 amide bonds. The van der Waals surface area contributed by atoms with Crippen molar-refractivity contribution in [1.29, 1.82) is 0 Å². The minimum absolute atomic E-state index is 0.124. The Bertz CT molecular complexity index is 700. The maximum absolute atomic E-state index is 12.6. The Labute approximate surface area is 162 Å². The number of alkyl halides is 3. The molecule has 3 rings (SSSR count). The van der Waals surface area contributed by atoms with Crippen LogP contribution < -0.4 is 0 Å². The van der Waals surface area contributed by atoms with Crippen LogP contribution in [0.25, 0.3) is 0 Å². The summed E-state index contributed by atoms with van der Waals surface area (Å²) in [6.45, 7) is 5.21. The van der Waals surface area contributed by atoms with Crippen LogP contribution in [0.1, 0.15) is 42.2 Å². The molecule has 0 aliphatic carbocycles. The van der Waals surface area contributed by atoms with E-state index in [0.717, 1.165) is 44.1 Å². The number of piperazine rings is 1. The number of amides is 2. The molecule has 6 nitrogen and oxygen atoms in total. The largest absolute Gasteiger partial charge is 0.433 e. The van der Waals surface area contributed by atoms with Crippen LogP contribution in [0, 0.1) is 0 Å². The zero-order valence-electron chi connectivity index (χ0n) is 15.9. The number of pyridine rings is 1. The van der Waals surface area contributed by atoms with E-state index in [1.54, 1.807) is 4.90 Å². The van der Waals surface area contributed by atoms with Crippen LogP contribution in [0.5, 0.6) is 0 Å². The third-order valence-corrected chi connectivity index (χ3v) is 5.44. The van der Waals surface area contributed by atoms with E-state index in [1.165, 1.54) is 0 Å². The lowest BCUT2D eigenvalue weighted by atomic mass is 10.0. The molecule has 0 N–H and O–H groups in total. The van der Waals surface area contributed by atoms with Crippen molar-refractivity contribution in [2.45, 2.75) is 38.4 Å². The summed E-state index contributed by atoms with van der Waals surface area (Å²) in [5.74, 6) is -0.212. The summed E-state index contributed by atoms with van der Waals surface area (Å²) in [5, 5.41) is 0. The molecule has 0 spiro atoms. The standard InChI is InChI=1S/C19H25F3N4O2/c1-14-4-2-3-7-26(14)17(27)13-24-8-10-25(11-9-24)18(28)15-5-6-16(23-12-15)19(20,21)22/h5-6,12,14H,2-4,7-11,13H2,1H3. The second kappa shape index (κ2) is 8.46. The van der Waals surface area contributed by atoms with Gasteiger partial charge in [0.25, 0.3) is 5.91 Å². The number of likely N-dealkylation sites (tertiary alicyclic amines) is 1. The third kappa shape index (κ3) is 4.81. The Hall–Kier alpha value is -2.16. The molecule has 9 heteroatoms. The third-order valence-electron chi connectivity index (χ3n) is 5.44. The first kappa shape index (κ1) is 20.6. The molecule has 154 valence electrons. The van der Waals surface area contributed by atoms with E-state index in [0.29, 0.717) is 32.7 Å². The first-order valence-corrected chi connectivity index (χ1v) is 9.60. The number of hydrogen-bond acceptors (Lipinski definition) is 4. The highest BCUT2D eigenvalue weighted by molar-refractivity contribution is 5.94. The predicted octanol–water partition coefficient (Wildman–Crippen LogP) is 2.26. The molecular weight excluding hydrogens is 373 g/mol. The van der Waals surface area contributed by atoms with Crippen molar-refractivity contribution in [2.75, 3.05) is 39.3 Å². The van der Waals surface area contributed by atoms with Gasteiger partial charge in [0, 0.05) is 45.0 Å². The van der Waals surface area contributed by atoms with Crippen molar-refractivity contribution >= 4 is 11.8 Å². The van der Waals surface area contributed by atoms with Gasteiger partial charge in [-0.25, -0.2) is 0 Å². The molecule has 1 aromatic heterocycles. The quantitative estimate of drug-likeness (QED) is 0.784. The Balaban J connectivity index is 1.50. The number of nitrogens with zero attached hydrogens (tertiary/aromatic N) is 4. The molecule has 3 heterocycles. The predicted molar refractivity (Wildman–Crippen MR) is 96.6 cm³/mol. The molecule has 2 saturated heterocycles. The molecule has 2 aliphatic rings. The van der Waals surface area contributed by atoms with E-state index in [4.69, 9.17) is 0 Å². The number of aromatic nitrogens is 1. The summed E-state index contributed by atoms with van der Waals surface area (Å²) in [4.78, 5) is 33.9. The lowest BCUT2D eigenvalue weighted by Gasteiger charge is -2.38. The van der Waals surface area contributed by atoms with Gasteiger partial charge in [-0.3, -0.25) is 19.5 Å². The summed E-state index contributed by atoms with van der Waals surface area (Å²) in [6.07, 6.45) is -0.316. The van der Waals surface area contributed by atoms with Crippen LogP contribution in [0.3, 0.4) is 0 Å². The van der Waals surface area contributed by atoms with Gasteiger partial charge >= 0.3 is 6.18 Å². The van der Waals surface area contributed by atoms with E-state index in [9.17, 15) is 22.8 Å². The van der Waals surface area contributed by atoms with Crippen LogP contribution in [0.4, 0.5) is 13.2 Å². The van der Waals surface area contributed by atoms with E-state index in [-0.39, 0.29) is 23.4 Å². The molecule has 28 heavy (non-hydrogen) atoms. The second-order valence-electron chi connectivity index (χ2n) is 7.43. The van der Waals surface area contributed by atoms with Crippen molar-refractivity contribution in [3.05, 3.63) is 29.6 Å². The van der Waals surface area contributed by atoms with E-state index in [2.05, 4.69) is 11.9 Å². The molecule has 1 unspecified atom stereocenters. The molecule has 2 fully saturated rings. The summed E-state index contributed by atoms with van der Waals surface area (Å²) in [5.41, 5.74) is -0.876.